The Morgan fingerprint density at radius 1 is 1.17 bits per heavy atom. The molecule has 3 rings (SSSR count). The summed E-state index contributed by atoms with van der Waals surface area (Å²) in [5.41, 5.74) is 6.82. The summed E-state index contributed by atoms with van der Waals surface area (Å²) in [7, 11) is 1.99. The predicted molar refractivity (Wildman–Crippen MR) is 88.7 cm³/mol. The first kappa shape index (κ1) is 15.8. The van der Waals surface area contributed by atoms with Gasteiger partial charge in [-0.15, -0.1) is 0 Å². The van der Waals surface area contributed by atoms with E-state index in [4.69, 9.17) is 5.73 Å². The lowest BCUT2D eigenvalue weighted by Gasteiger charge is -2.45. The van der Waals surface area contributed by atoms with E-state index in [0.29, 0.717) is 12.1 Å². The van der Waals surface area contributed by atoms with Crippen LogP contribution in [0.2, 0.25) is 0 Å². The van der Waals surface area contributed by atoms with Gasteiger partial charge in [-0.25, -0.2) is 0 Å². The fraction of sp³-hybridized carbons (Fsp3) is 0.316. The third-order valence-corrected chi connectivity index (χ3v) is 5.01. The van der Waals surface area contributed by atoms with Crippen molar-refractivity contribution in [2.24, 2.45) is 17.1 Å². The van der Waals surface area contributed by atoms with Crippen LogP contribution in [-0.2, 0) is 0 Å². The van der Waals surface area contributed by atoms with Crippen molar-refractivity contribution in [3.8, 4) is 18.2 Å². The van der Waals surface area contributed by atoms with Crippen LogP contribution in [-0.4, -0.2) is 25.0 Å². The second kappa shape index (κ2) is 5.85. The smallest absolute Gasteiger partial charge is 0.191 e. The highest BCUT2D eigenvalue weighted by atomic mass is 15.1. The molecule has 5 heteroatoms. The number of fused-ring (bicyclic) bond motifs is 1. The number of rotatable bonds is 1. The van der Waals surface area contributed by atoms with Crippen molar-refractivity contribution in [1.29, 1.82) is 15.8 Å². The molecule has 5 nitrogen and oxygen atoms in total. The minimum absolute atomic E-state index is 0.0795. The van der Waals surface area contributed by atoms with Gasteiger partial charge in [0.15, 0.2) is 5.41 Å². The summed E-state index contributed by atoms with van der Waals surface area (Å²) in [5, 5.41) is 29.4. The second-order valence-corrected chi connectivity index (χ2v) is 6.31. The van der Waals surface area contributed by atoms with Crippen molar-refractivity contribution in [2.45, 2.75) is 5.92 Å². The molecule has 24 heavy (non-hydrogen) atoms. The van der Waals surface area contributed by atoms with Crippen molar-refractivity contribution >= 4 is 0 Å². The maximum atomic E-state index is 9.88. The molecule has 2 aliphatic rings. The van der Waals surface area contributed by atoms with Crippen LogP contribution in [0.4, 0.5) is 0 Å². The van der Waals surface area contributed by atoms with Gasteiger partial charge >= 0.3 is 0 Å². The van der Waals surface area contributed by atoms with Gasteiger partial charge in [0.2, 0.25) is 0 Å². The number of likely N-dealkylation sites (N-methyl/N-ethyl adjacent to an activating group) is 1. The number of hydrogen-bond donors (Lipinski definition) is 1. The molecule has 0 spiro atoms. The molecule has 118 valence electrons. The topological polar surface area (TPSA) is 101 Å². The van der Waals surface area contributed by atoms with Crippen molar-refractivity contribution in [3.05, 3.63) is 58.8 Å². The number of nitrogens with two attached hydrogens (primary N) is 1. The Balaban J connectivity index is 2.33. The minimum atomic E-state index is -1.54. The molecule has 0 fully saturated rings. The van der Waals surface area contributed by atoms with Gasteiger partial charge in [-0.05, 0) is 18.2 Å². The van der Waals surface area contributed by atoms with E-state index in [0.717, 1.165) is 17.7 Å². The molecule has 1 aliphatic carbocycles. The maximum absolute atomic E-state index is 9.88. The fourth-order valence-electron chi connectivity index (χ4n) is 3.86. The van der Waals surface area contributed by atoms with Crippen LogP contribution in [0.5, 0.6) is 0 Å². The molecule has 1 aromatic carbocycles. The van der Waals surface area contributed by atoms with E-state index in [2.05, 4.69) is 23.1 Å². The quantitative estimate of drug-likeness (QED) is 0.854. The molecule has 2 N–H and O–H groups in total. The third-order valence-electron chi connectivity index (χ3n) is 5.01. The van der Waals surface area contributed by atoms with E-state index in [9.17, 15) is 15.8 Å². The van der Waals surface area contributed by atoms with Crippen LogP contribution in [0.25, 0.3) is 0 Å². The highest BCUT2D eigenvalue weighted by Gasteiger charge is 2.54. The number of allylic oxidation sites excluding steroid dienone is 2. The first-order valence-corrected chi connectivity index (χ1v) is 7.75. The summed E-state index contributed by atoms with van der Waals surface area (Å²) < 4.78 is 0. The molecule has 0 amide bonds. The van der Waals surface area contributed by atoms with E-state index in [-0.39, 0.29) is 11.6 Å². The molecule has 0 radical (unpaired) electrons. The Hall–Kier alpha value is -3.07. The van der Waals surface area contributed by atoms with Crippen molar-refractivity contribution in [3.63, 3.8) is 0 Å². The van der Waals surface area contributed by atoms with E-state index in [1.54, 1.807) is 0 Å². The summed E-state index contributed by atoms with van der Waals surface area (Å²) in [6, 6.07) is 15.9. The normalized spacial score (nSPS) is 25.7. The molecule has 0 saturated carbocycles. The lowest BCUT2D eigenvalue weighted by atomic mass is 9.58. The van der Waals surface area contributed by atoms with Gasteiger partial charge < -0.3 is 10.6 Å². The molecule has 0 saturated heterocycles. The molecule has 1 aliphatic heterocycles. The molecule has 0 aromatic heterocycles. The van der Waals surface area contributed by atoms with Gasteiger partial charge in [-0.1, -0.05) is 36.4 Å². The van der Waals surface area contributed by atoms with E-state index >= 15 is 0 Å². The Morgan fingerprint density at radius 2 is 1.83 bits per heavy atom. The van der Waals surface area contributed by atoms with Gasteiger partial charge in [-0.3, -0.25) is 0 Å². The second-order valence-electron chi connectivity index (χ2n) is 6.31. The van der Waals surface area contributed by atoms with Crippen LogP contribution >= 0.6 is 0 Å². The Kier molecular flexibility index (Phi) is 3.86. The van der Waals surface area contributed by atoms with Crippen LogP contribution < -0.4 is 5.73 Å². The minimum Gasteiger partial charge on any atom is -0.399 e. The monoisotopic (exact) mass is 315 g/mol. The van der Waals surface area contributed by atoms with Gasteiger partial charge in [0.05, 0.1) is 23.4 Å². The van der Waals surface area contributed by atoms with Crippen molar-refractivity contribution in [2.75, 3.05) is 20.1 Å². The third kappa shape index (κ3) is 2.09. The summed E-state index contributed by atoms with van der Waals surface area (Å²) in [6.45, 7) is 1.40. The van der Waals surface area contributed by atoms with Crippen molar-refractivity contribution < 1.29 is 0 Å². The SMILES string of the molecule is CN1CC=C2C(C#N)=C(N)C(C#N)(C#N)C(c3ccccc3)C2C1. The Morgan fingerprint density at radius 3 is 2.42 bits per heavy atom. The predicted octanol–water partition coefficient (Wildman–Crippen LogP) is 2.04. The maximum Gasteiger partial charge on any atom is 0.191 e. The van der Waals surface area contributed by atoms with Crippen molar-refractivity contribution in [1.82, 2.24) is 4.90 Å². The highest BCUT2D eigenvalue weighted by Crippen LogP contribution is 2.53. The molecule has 1 heterocycles. The lowest BCUT2D eigenvalue weighted by Crippen LogP contribution is -2.47. The van der Waals surface area contributed by atoms with Crippen LogP contribution in [0.15, 0.2) is 53.3 Å². The number of benzene rings is 1. The van der Waals surface area contributed by atoms with Crippen LogP contribution in [0.3, 0.4) is 0 Å². The standard InChI is InChI=1S/C19H17N5/c1-24-8-7-14-15(9-20)18(23)19(11-21,12-22)17(16(14)10-24)13-5-3-2-4-6-13/h2-7,16-17H,8,10,23H2,1H3. The number of nitrogens with zero attached hydrogens (tertiary/aromatic N) is 4. The molecule has 2 unspecified atom stereocenters. The zero-order chi connectivity index (χ0) is 17.3. The van der Waals surface area contributed by atoms with Crippen LogP contribution in [0.1, 0.15) is 11.5 Å². The zero-order valence-electron chi connectivity index (χ0n) is 13.4. The summed E-state index contributed by atoms with van der Waals surface area (Å²) in [6.07, 6.45) is 1.99. The van der Waals surface area contributed by atoms with E-state index in [1.807, 2.05) is 43.5 Å². The Bertz CT molecular complexity index is 830. The first-order valence-electron chi connectivity index (χ1n) is 7.75. The zero-order valence-corrected chi connectivity index (χ0v) is 13.4. The first-order chi connectivity index (χ1) is 11.6. The molecular formula is C19H17N5. The average molecular weight is 315 g/mol. The van der Waals surface area contributed by atoms with Gasteiger partial charge in [0.1, 0.15) is 6.07 Å². The number of nitriles is 3. The molecule has 0 bridgehead atoms. The van der Waals surface area contributed by atoms with Crippen LogP contribution in [0, 0.1) is 45.3 Å². The van der Waals surface area contributed by atoms with Gasteiger partial charge in [-0.2, -0.15) is 15.8 Å². The Labute approximate surface area is 141 Å². The number of hydrogen-bond acceptors (Lipinski definition) is 5. The van der Waals surface area contributed by atoms with Gasteiger partial charge in [0.25, 0.3) is 0 Å². The highest BCUT2D eigenvalue weighted by molar-refractivity contribution is 5.59. The molecular weight excluding hydrogens is 298 g/mol. The summed E-state index contributed by atoms with van der Waals surface area (Å²) in [4.78, 5) is 2.13. The van der Waals surface area contributed by atoms with Gasteiger partial charge in [0, 0.05) is 24.9 Å². The average Bonchev–Trinajstić information content (AvgIpc) is 2.62. The molecule has 1 aromatic rings. The van der Waals surface area contributed by atoms with E-state index < -0.39 is 11.3 Å². The molecule has 2 atom stereocenters. The summed E-state index contributed by atoms with van der Waals surface area (Å²) in [5.74, 6) is -0.521. The van der Waals surface area contributed by atoms with E-state index in [1.165, 1.54) is 0 Å². The summed E-state index contributed by atoms with van der Waals surface area (Å²) >= 11 is 0. The lowest BCUT2D eigenvalue weighted by molar-refractivity contribution is 0.237. The largest absolute Gasteiger partial charge is 0.399 e. The fourth-order valence-corrected chi connectivity index (χ4v) is 3.86.